The minimum Gasteiger partial charge on any atom is -0.490 e. The van der Waals surface area contributed by atoms with Crippen molar-refractivity contribution in [3.63, 3.8) is 0 Å². The summed E-state index contributed by atoms with van der Waals surface area (Å²) in [4.78, 5) is 0. The van der Waals surface area contributed by atoms with Crippen molar-refractivity contribution >= 4 is 7.32 Å². The maximum absolute atomic E-state index is 14.0. The number of benzene rings is 3. The Labute approximate surface area is 269 Å². The van der Waals surface area contributed by atoms with Crippen LogP contribution in [0.1, 0.15) is 81.7 Å². The van der Waals surface area contributed by atoms with Gasteiger partial charge in [0.25, 0.3) is 0 Å². The molecular formula is C33H38BF9NO3+. The number of hydrogen-bond donors (Lipinski definition) is 0. The van der Waals surface area contributed by atoms with E-state index in [0.29, 0.717) is 30.5 Å². The maximum atomic E-state index is 14.0. The van der Waals surface area contributed by atoms with Gasteiger partial charge in [0.05, 0.1) is 41.9 Å². The van der Waals surface area contributed by atoms with Crippen molar-refractivity contribution in [3.8, 4) is 17.2 Å². The average molecular weight is 678 g/mol. The van der Waals surface area contributed by atoms with Gasteiger partial charge in [-0.3, -0.25) is 0 Å². The minimum atomic E-state index is -4.67. The van der Waals surface area contributed by atoms with Crippen LogP contribution in [0.3, 0.4) is 0 Å². The molecule has 0 bridgehead atoms. The van der Waals surface area contributed by atoms with Gasteiger partial charge in [-0.25, -0.2) is 0 Å². The molecular weight excluding hydrogens is 640 g/mol. The van der Waals surface area contributed by atoms with Gasteiger partial charge in [0.2, 0.25) is 0 Å². The van der Waals surface area contributed by atoms with Crippen LogP contribution in [0.4, 0.5) is 39.5 Å². The smallest absolute Gasteiger partial charge is 0.490 e. The lowest BCUT2D eigenvalue weighted by Gasteiger charge is -2.44. The van der Waals surface area contributed by atoms with E-state index < -0.39 is 48.6 Å². The number of rotatable bonds is 15. The summed E-state index contributed by atoms with van der Waals surface area (Å²) in [5.41, 5.74) is -2.58. The van der Waals surface area contributed by atoms with E-state index in [1.807, 2.05) is 27.7 Å². The third-order valence-corrected chi connectivity index (χ3v) is 8.38. The third kappa shape index (κ3) is 9.98. The average Bonchev–Trinajstić information content (AvgIpc) is 3.00. The molecule has 0 heterocycles. The first-order valence-corrected chi connectivity index (χ1v) is 15.4. The second-order valence-electron chi connectivity index (χ2n) is 11.1. The first-order valence-electron chi connectivity index (χ1n) is 15.4. The first kappa shape index (κ1) is 37.9. The molecule has 0 aliphatic rings. The van der Waals surface area contributed by atoms with Gasteiger partial charge in [0.1, 0.15) is 23.3 Å². The van der Waals surface area contributed by atoms with Crippen molar-refractivity contribution in [3.05, 3.63) is 89.0 Å². The second kappa shape index (κ2) is 15.6. The largest absolute Gasteiger partial charge is 0.864 e. The number of nitrogens with zero attached hydrogens (tertiary/aromatic N) is 1. The van der Waals surface area contributed by atoms with Crippen LogP contribution in [0.2, 0.25) is 0 Å². The molecule has 14 heteroatoms. The van der Waals surface area contributed by atoms with Crippen molar-refractivity contribution in [1.29, 1.82) is 0 Å². The number of halogens is 9. The Hall–Kier alpha value is -3.55. The maximum Gasteiger partial charge on any atom is 0.864 e. The topological polar surface area (TPSA) is 27.7 Å². The molecule has 3 aromatic carbocycles. The summed E-state index contributed by atoms with van der Waals surface area (Å²) in [6.07, 6.45) is -10.9. The number of quaternary nitrogens is 1. The van der Waals surface area contributed by atoms with Crippen LogP contribution in [0.25, 0.3) is 0 Å². The zero-order valence-electron chi connectivity index (χ0n) is 26.5. The quantitative estimate of drug-likeness (QED) is 0.0693. The fraction of sp³-hybridized carbons (Fsp3) is 0.455. The van der Waals surface area contributed by atoms with Crippen LogP contribution in [0, 0.1) is 0 Å². The van der Waals surface area contributed by atoms with E-state index in [-0.39, 0.29) is 22.8 Å². The van der Waals surface area contributed by atoms with Crippen LogP contribution < -0.4 is 14.0 Å². The highest BCUT2D eigenvalue weighted by atomic mass is 19.4. The predicted octanol–water partition coefficient (Wildman–Crippen LogP) is 10.8. The Morgan fingerprint density at radius 3 is 1.38 bits per heavy atom. The summed E-state index contributed by atoms with van der Waals surface area (Å²) < 4.78 is 139. The number of alkyl halides is 9. The summed E-state index contributed by atoms with van der Waals surface area (Å²) in [5.74, 6) is -0.325. The van der Waals surface area contributed by atoms with Gasteiger partial charge < -0.3 is 18.4 Å². The molecule has 0 saturated heterocycles. The van der Waals surface area contributed by atoms with Crippen molar-refractivity contribution in [2.45, 2.75) is 77.9 Å². The van der Waals surface area contributed by atoms with E-state index in [2.05, 4.69) is 0 Å². The molecule has 0 fully saturated rings. The highest BCUT2D eigenvalue weighted by molar-refractivity contribution is 6.39. The molecule has 1 atom stereocenters. The molecule has 0 spiro atoms. The lowest BCUT2D eigenvalue weighted by atomic mass is 9.93. The van der Waals surface area contributed by atoms with Gasteiger partial charge in [0, 0.05) is 6.42 Å². The van der Waals surface area contributed by atoms with Crippen molar-refractivity contribution in [2.24, 2.45) is 0 Å². The standard InChI is InChI=1S/C33H38BF9NO3/c1-5-9-10-11-29(44(6-2,7-3)8-4)28-22-25(33(41,42)43)16-21-30(28)47-34(45-26-17-12-23(13-18-26)31(35,36)37)46-27-19-14-24(15-20-27)32(38,39)40/h12-22,29H,5-11H2,1-4H3/q+1. The Kier molecular flexibility index (Phi) is 12.6. The fourth-order valence-corrected chi connectivity index (χ4v) is 5.58. The molecule has 3 rings (SSSR count). The lowest BCUT2D eigenvalue weighted by Crippen LogP contribution is -2.50. The molecule has 3 aromatic rings. The lowest BCUT2D eigenvalue weighted by molar-refractivity contribution is -0.953. The van der Waals surface area contributed by atoms with Gasteiger partial charge in [-0.05, 0) is 93.9 Å². The van der Waals surface area contributed by atoms with Crippen LogP contribution in [0.15, 0.2) is 66.7 Å². The molecule has 0 amide bonds. The van der Waals surface area contributed by atoms with Crippen LogP contribution >= 0.6 is 0 Å². The Morgan fingerprint density at radius 2 is 1.00 bits per heavy atom. The third-order valence-electron chi connectivity index (χ3n) is 8.38. The molecule has 47 heavy (non-hydrogen) atoms. The van der Waals surface area contributed by atoms with Crippen LogP contribution in [-0.2, 0) is 18.5 Å². The van der Waals surface area contributed by atoms with E-state index in [4.69, 9.17) is 14.0 Å². The van der Waals surface area contributed by atoms with E-state index >= 15 is 0 Å². The highest BCUT2D eigenvalue weighted by Gasteiger charge is 2.41. The van der Waals surface area contributed by atoms with Gasteiger partial charge in [-0.1, -0.05) is 19.8 Å². The SMILES string of the molecule is CCCCCC(c1cc(C(F)(F)F)ccc1OB(Oc1ccc(C(F)(F)F)cc1)Oc1ccc(C(F)(F)F)cc1)[N+](CC)(CC)CC. The van der Waals surface area contributed by atoms with Crippen molar-refractivity contribution in [1.82, 2.24) is 0 Å². The highest BCUT2D eigenvalue weighted by Crippen LogP contribution is 2.42. The second-order valence-corrected chi connectivity index (χ2v) is 11.1. The number of hydrogen-bond acceptors (Lipinski definition) is 3. The molecule has 0 aromatic heterocycles. The molecule has 0 radical (unpaired) electrons. The van der Waals surface area contributed by atoms with Crippen LogP contribution in [0.5, 0.6) is 17.2 Å². The number of unbranched alkanes of at least 4 members (excludes halogenated alkanes) is 2. The zero-order valence-corrected chi connectivity index (χ0v) is 26.5. The van der Waals surface area contributed by atoms with Crippen molar-refractivity contribution < 1.29 is 58.0 Å². The van der Waals surface area contributed by atoms with Crippen molar-refractivity contribution in [2.75, 3.05) is 19.6 Å². The monoisotopic (exact) mass is 678 g/mol. The first-order chi connectivity index (χ1) is 22.0. The summed E-state index contributed by atoms with van der Waals surface area (Å²) in [7, 11) is -1.82. The molecule has 1 unspecified atom stereocenters. The summed E-state index contributed by atoms with van der Waals surface area (Å²) in [6, 6.07) is 9.61. The van der Waals surface area contributed by atoms with E-state index in [0.717, 1.165) is 86.0 Å². The molecule has 0 saturated carbocycles. The van der Waals surface area contributed by atoms with Gasteiger partial charge >= 0.3 is 25.9 Å². The molecule has 0 N–H and O–H groups in total. The Balaban J connectivity index is 2.13. The predicted molar refractivity (Wildman–Crippen MR) is 161 cm³/mol. The van der Waals surface area contributed by atoms with Crippen LogP contribution in [-0.4, -0.2) is 31.4 Å². The van der Waals surface area contributed by atoms with Gasteiger partial charge in [0.15, 0.2) is 0 Å². The molecule has 258 valence electrons. The van der Waals surface area contributed by atoms with E-state index in [1.165, 1.54) is 0 Å². The fourth-order valence-electron chi connectivity index (χ4n) is 5.58. The molecule has 4 nitrogen and oxygen atoms in total. The van der Waals surface area contributed by atoms with Gasteiger partial charge in [-0.15, -0.1) is 0 Å². The Morgan fingerprint density at radius 1 is 0.574 bits per heavy atom. The Bertz CT molecular complexity index is 1340. The summed E-state index contributed by atoms with van der Waals surface area (Å²) >= 11 is 0. The zero-order chi connectivity index (χ0) is 35.0. The summed E-state index contributed by atoms with van der Waals surface area (Å²) in [6.45, 7) is 9.69. The summed E-state index contributed by atoms with van der Waals surface area (Å²) in [5, 5.41) is 0. The van der Waals surface area contributed by atoms with Gasteiger partial charge in [-0.2, -0.15) is 39.5 Å². The molecule has 0 aliphatic heterocycles. The molecule has 0 aliphatic carbocycles. The van der Waals surface area contributed by atoms with E-state index in [9.17, 15) is 39.5 Å². The van der Waals surface area contributed by atoms with E-state index in [1.54, 1.807) is 0 Å². The normalized spacial score (nSPS) is 13.3. The minimum absolute atomic E-state index is 0.0267.